The molecule has 3 aromatic carbocycles. The quantitative estimate of drug-likeness (QED) is 0.184. The lowest BCUT2D eigenvalue weighted by molar-refractivity contribution is -0.258. The number of rotatable bonds is 7. The monoisotopic (exact) mass is 620 g/mol. The lowest BCUT2D eigenvalue weighted by atomic mass is 9.94. The van der Waals surface area contributed by atoms with Gasteiger partial charge in [-0.15, -0.1) is 11.3 Å². The lowest BCUT2D eigenvalue weighted by Crippen LogP contribution is -2.39. The zero-order valence-electron chi connectivity index (χ0n) is 21.2. The number of sulfonamides is 1. The predicted octanol–water partition coefficient (Wildman–Crippen LogP) is 7.59. The fourth-order valence-electron chi connectivity index (χ4n) is 4.29. The summed E-state index contributed by atoms with van der Waals surface area (Å²) in [5.41, 5.74) is -2.29. The van der Waals surface area contributed by atoms with Gasteiger partial charge in [0, 0.05) is 26.4 Å². The first-order valence-electron chi connectivity index (χ1n) is 12.1. The number of hydrogen-bond acceptors (Lipinski definition) is 5. The molecule has 0 radical (unpaired) electrons. The van der Waals surface area contributed by atoms with Crippen molar-refractivity contribution in [3.8, 4) is 11.3 Å². The first-order chi connectivity index (χ1) is 19.3. The largest absolute Gasteiger partial charge is 0.421 e. The Morgan fingerprint density at radius 2 is 1.68 bits per heavy atom. The third-order valence-electron chi connectivity index (χ3n) is 6.61. The number of aliphatic hydroxyl groups is 1. The summed E-state index contributed by atoms with van der Waals surface area (Å²) in [5.74, 6) is -0.585. The summed E-state index contributed by atoms with van der Waals surface area (Å²) < 4.78 is 84.0. The highest BCUT2D eigenvalue weighted by molar-refractivity contribution is 7.89. The molecule has 0 amide bonds. The number of benzene rings is 3. The Bertz CT molecular complexity index is 1840. The van der Waals surface area contributed by atoms with Gasteiger partial charge >= 0.3 is 6.18 Å². The second-order valence-electron chi connectivity index (χ2n) is 9.40. The van der Waals surface area contributed by atoms with Crippen molar-refractivity contribution in [2.24, 2.45) is 0 Å². The maximum atomic E-state index is 13.5. The van der Waals surface area contributed by atoms with Crippen molar-refractivity contribution < 1.29 is 31.1 Å². The van der Waals surface area contributed by atoms with Gasteiger partial charge in [-0.3, -0.25) is 4.98 Å². The minimum absolute atomic E-state index is 0.143. The van der Waals surface area contributed by atoms with Crippen LogP contribution in [0.25, 0.3) is 21.3 Å². The molecule has 5 aromatic rings. The Balaban J connectivity index is 1.63. The van der Waals surface area contributed by atoms with Crippen molar-refractivity contribution in [3.05, 3.63) is 118 Å². The molecule has 41 heavy (non-hydrogen) atoms. The van der Waals surface area contributed by atoms with E-state index in [2.05, 4.69) is 9.71 Å². The van der Waals surface area contributed by atoms with Gasteiger partial charge in [-0.05, 0) is 72.0 Å². The van der Waals surface area contributed by atoms with Crippen molar-refractivity contribution in [1.29, 1.82) is 0 Å². The summed E-state index contributed by atoms with van der Waals surface area (Å²) in [6, 6.07) is 19.4. The van der Waals surface area contributed by atoms with E-state index >= 15 is 0 Å². The van der Waals surface area contributed by atoms with Gasteiger partial charge in [-0.1, -0.05) is 48.0 Å². The van der Waals surface area contributed by atoms with Crippen LogP contribution in [0, 0.1) is 5.82 Å². The van der Waals surface area contributed by atoms with Crippen LogP contribution >= 0.6 is 22.9 Å². The van der Waals surface area contributed by atoms with E-state index in [4.69, 9.17) is 11.6 Å². The van der Waals surface area contributed by atoms with E-state index in [0.29, 0.717) is 38.0 Å². The molecule has 0 saturated heterocycles. The fourth-order valence-corrected chi connectivity index (χ4v) is 7.06. The zero-order valence-corrected chi connectivity index (χ0v) is 23.5. The molecule has 2 aromatic heterocycles. The number of nitrogens with one attached hydrogen (secondary N) is 1. The van der Waals surface area contributed by atoms with Crippen molar-refractivity contribution in [2.75, 3.05) is 0 Å². The van der Waals surface area contributed by atoms with E-state index in [1.54, 1.807) is 48.5 Å². The molecule has 12 heteroatoms. The van der Waals surface area contributed by atoms with Crippen LogP contribution in [0.4, 0.5) is 17.6 Å². The molecule has 5 rings (SSSR count). The third-order valence-corrected chi connectivity index (χ3v) is 9.64. The standard InChI is InChI=1S/C29H21ClF4N2O3S2/c1-28(37,29(32,33)34)18-13-14-35-24(16-18)22-7-4-5-17-15-25(40-27(17)22)26(21-6-2-3-8-23(21)30)36-41(38,39)20-11-9-19(31)10-12-20/h2-16,26,36-37H,1H3/t26?,28-/m1/s1. The molecule has 0 fully saturated rings. The molecule has 1 unspecified atom stereocenters. The summed E-state index contributed by atoms with van der Waals surface area (Å²) in [6.07, 6.45) is -3.71. The number of aromatic nitrogens is 1. The van der Waals surface area contributed by atoms with Crippen LogP contribution in [0.3, 0.4) is 0 Å². The summed E-state index contributed by atoms with van der Waals surface area (Å²) in [4.78, 5) is 4.66. The van der Waals surface area contributed by atoms with E-state index in [1.807, 2.05) is 0 Å². The first kappa shape index (κ1) is 29.2. The summed E-state index contributed by atoms with van der Waals surface area (Å²) >= 11 is 7.70. The van der Waals surface area contributed by atoms with E-state index in [1.165, 1.54) is 23.6 Å². The Morgan fingerprint density at radius 3 is 2.37 bits per heavy atom. The molecule has 212 valence electrons. The van der Waals surface area contributed by atoms with Gasteiger partial charge in [0.1, 0.15) is 5.82 Å². The van der Waals surface area contributed by atoms with Crippen LogP contribution in [0.5, 0.6) is 0 Å². The maximum Gasteiger partial charge on any atom is 0.421 e. The molecule has 0 aliphatic rings. The predicted molar refractivity (Wildman–Crippen MR) is 151 cm³/mol. The molecule has 0 bridgehead atoms. The van der Waals surface area contributed by atoms with Crippen molar-refractivity contribution in [1.82, 2.24) is 9.71 Å². The number of pyridine rings is 1. The Kier molecular flexibility index (Phi) is 7.68. The van der Waals surface area contributed by atoms with Gasteiger partial charge in [-0.25, -0.2) is 12.8 Å². The molecule has 0 aliphatic carbocycles. The minimum atomic E-state index is -4.91. The molecular formula is C29H21ClF4N2O3S2. The van der Waals surface area contributed by atoms with Gasteiger partial charge in [0.25, 0.3) is 0 Å². The van der Waals surface area contributed by atoms with E-state index < -0.39 is 33.7 Å². The number of fused-ring (bicyclic) bond motifs is 1. The van der Waals surface area contributed by atoms with Crippen LogP contribution in [0.2, 0.25) is 5.02 Å². The van der Waals surface area contributed by atoms with E-state index in [9.17, 15) is 31.1 Å². The second-order valence-corrected chi connectivity index (χ2v) is 12.6. The molecule has 2 atom stereocenters. The SMILES string of the molecule is C[C@@](O)(c1ccnc(-c2cccc3cc(C(NS(=O)(=O)c4ccc(F)cc4)c4ccccc4Cl)sc23)c1)C(F)(F)F. The average Bonchev–Trinajstić information content (AvgIpc) is 3.36. The van der Waals surface area contributed by atoms with Gasteiger partial charge in [0.15, 0.2) is 5.60 Å². The van der Waals surface area contributed by atoms with Crippen LogP contribution in [-0.2, 0) is 15.6 Å². The average molecular weight is 621 g/mol. The Morgan fingerprint density at radius 1 is 0.976 bits per heavy atom. The number of hydrogen-bond donors (Lipinski definition) is 2. The highest BCUT2D eigenvalue weighted by Crippen LogP contribution is 2.42. The molecule has 0 aliphatic heterocycles. The Hall–Kier alpha value is -3.35. The van der Waals surface area contributed by atoms with Gasteiger partial charge in [0.2, 0.25) is 10.0 Å². The van der Waals surface area contributed by atoms with Crippen molar-refractivity contribution in [2.45, 2.75) is 29.6 Å². The first-order valence-corrected chi connectivity index (χ1v) is 14.8. The smallest absolute Gasteiger partial charge is 0.376 e. The molecule has 2 N–H and O–H groups in total. The molecule has 2 heterocycles. The minimum Gasteiger partial charge on any atom is -0.376 e. The fraction of sp³-hybridized carbons (Fsp3) is 0.138. The molecular weight excluding hydrogens is 600 g/mol. The van der Waals surface area contributed by atoms with Crippen molar-refractivity contribution in [3.63, 3.8) is 0 Å². The highest BCUT2D eigenvalue weighted by Gasteiger charge is 2.51. The summed E-state index contributed by atoms with van der Waals surface area (Å²) in [6.45, 7) is 0.678. The summed E-state index contributed by atoms with van der Waals surface area (Å²) in [7, 11) is -4.14. The van der Waals surface area contributed by atoms with E-state index in [0.717, 1.165) is 30.3 Å². The van der Waals surface area contributed by atoms with Crippen molar-refractivity contribution >= 4 is 43.0 Å². The van der Waals surface area contributed by atoms with Gasteiger partial charge < -0.3 is 5.11 Å². The number of nitrogens with zero attached hydrogens (tertiary/aromatic N) is 1. The van der Waals surface area contributed by atoms with Crippen LogP contribution in [-0.4, -0.2) is 24.7 Å². The van der Waals surface area contributed by atoms with Crippen LogP contribution in [0.1, 0.15) is 29.0 Å². The molecule has 0 spiro atoms. The second kappa shape index (κ2) is 10.8. The maximum absolute atomic E-state index is 13.5. The van der Waals surface area contributed by atoms with E-state index in [-0.39, 0.29) is 16.2 Å². The number of alkyl halides is 3. The normalized spacial score (nSPS) is 14.6. The molecule has 0 saturated carbocycles. The topological polar surface area (TPSA) is 79.3 Å². The van der Waals surface area contributed by atoms with Gasteiger partial charge in [0.05, 0.1) is 16.6 Å². The van der Waals surface area contributed by atoms with Crippen LogP contribution < -0.4 is 4.72 Å². The number of halogens is 5. The third kappa shape index (κ3) is 5.73. The zero-order chi connectivity index (χ0) is 29.6. The Labute approximate surface area is 242 Å². The lowest BCUT2D eigenvalue weighted by Gasteiger charge is -2.26. The highest BCUT2D eigenvalue weighted by atomic mass is 35.5. The number of thiophene rings is 1. The summed E-state index contributed by atoms with van der Waals surface area (Å²) in [5, 5.41) is 11.2. The van der Waals surface area contributed by atoms with Gasteiger partial charge in [-0.2, -0.15) is 17.9 Å². The molecule has 5 nitrogen and oxygen atoms in total. The van der Waals surface area contributed by atoms with Crippen LogP contribution in [0.15, 0.2) is 96.0 Å².